The fraction of sp³-hybridized carbons (Fsp3) is 0.217. The first-order valence-electron chi connectivity index (χ1n) is 9.60. The minimum Gasteiger partial charge on any atom is -0.338 e. The molecule has 4 rings (SSSR count). The number of fused-ring (bicyclic) bond motifs is 1. The van der Waals surface area contributed by atoms with E-state index in [1.54, 1.807) is 0 Å². The van der Waals surface area contributed by atoms with Crippen LogP contribution in [-0.2, 0) is 0 Å². The number of hydrogen-bond donors (Lipinski definition) is 2. The topological polar surface area (TPSA) is 61.4 Å². The number of nitrogens with zero attached hydrogens (tertiary/aromatic N) is 1. The summed E-state index contributed by atoms with van der Waals surface area (Å²) in [6.07, 6.45) is 1.50. The minimum atomic E-state index is -0.204. The molecule has 2 N–H and O–H groups in total. The van der Waals surface area contributed by atoms with Crippen LogP contribution in [0.2, 0.25) is 0 Å². The second-order valence-electron chi connectivity index (χ2n) is 7.06. The van der Waals surface area contributed by atoms with E-state index in [1.165, 1.54) is 0 Å². The summed E-state index contributed by atoms with van der Waals surface area (Å²) in [5.41, 5.74) is 1.51. The highest BCUT2D eigenvalue weighted by Gasteiger charge is 2.24. The summed E-state index contributed by atoms with van der Waals surface area (Å²) in [4.78, 5) is 26.8. The van der Waals surface area contributed by atoms with Gasteiger partial charge in [-0.2, -0.15) is 0 Å². The van der Waals surface area contributed by atoms with Gasteiger partial charge >= 0.3 is 6.03 Å². The number of benzene rings is 3. The largest absolute Gasteiger partial charge is 0.338 e. The molecule has 1 heterocycles. The summed E-state index contributed by atoms with van der Waals surface area (Å²) < 4.78 is 0. The number of amides is 3. The monoisotopic (exact) mass is 373 g/mol. The number of carbonyl (C=O) groups is 2. The van der Waals surface area contributed by atoms with Crippen molar-refractivity contribution in [3.63, 3.8) is 0 Å². The van der Waals surface area contributed by atoms with E-state index in [-0.39, 0.29) is 18.0 Å². The molecule has 0 atom stereocenters. The lowest BCUT2D eigenvalue weighted by Gasteiger charge is -2.32. The third-order valence-corrected chi connectivity index (χ3v) is 5.18. The number of hydrogen-bond acceptors (Lipinski definition) is 2. The van der Waals surface area contributed by atoms with Gasteiger partial charge in [-0.25, -0.2) is 4.79 Å². The Morgan fingerprint density at radius 3 is 2.29 bits per heavy atom. The number of rotatable bonds is 3. The number of anilines is 1. The zero-order valence-electron chi connectivity index (χ0n) is 15.6. The van der Waals surface area contributed by atoms with E-state index in [0.29, 0.717) is 18.7 Å². The van der Waals surface area contributed by atoms with Crippen molar-refractivity contribution in [2.75, 3.05) is 18.4 Å². The van der Waals surface area contributed by atoms with Crippen LogP contribution in [0, 0.1) is 0 Å². The molecule has 1 aliphatic rings. The molecule has 0 aliphatic carbocycles. The van der Waals surface area contributed by atoms with E-state index in [4.69, 9.17) is 0 Å². The first-order chi connectivity index (χ1) is 13.7. The van der Waals surface area contributed by atoms with Crippen LogP contribution in [-0.4, -0.2) is 36.0 Å². The van der Waals surface area contributed by atoms with Crippen molar-refractivity contribution in [2.45, 2.75) is 18.9 Å². The standard InChI is InChI=1S/C23H23N3O2/c27-22(18-8-2-1-3-9-18)26-15-13-19(14-16-26)24-23(28)25-21-12-6-10-17-7-4-5-11-20(17)21/h1-12,19H,13-16H2,(H2,24,25,28). The maximum atomic E-state index is 12.5. The first kappa shape index (κ1) is 18.0. The van der Waals surface area contributed by atoms with E-state index < -0.39 is 0 Å². The Kier molecular flexibility index (Phi) is 5.24. The third kappa shape index (κ3) is 3.98. The van der Waals surface area contributed by atoms with Gasteiger partial charge in [-0.1, -0.05) is 54.6 Å². The van der Waals surface area contributed by atoms with Gasteiger partial charge in [-0.05, 0) is 36.4 Å². The molecule has 3 aromatic rings. The summed E-state index contributed by atoms with van der Waals surface area (Å²) >= 11 is 0. The van der Waals surface area contributed by atoms with Gasteiger partial charge in [0.05, 0.1) is 5.69 Å². The van der Waals surface area contributed by atoms with Gasteiger partial charge in [0.15, 0.2) is 0 Å². The molecule has 5 heteroatoms. The van der Waals surface area contributed by atoms with E-state index in [2.05, 4.69) is 10.6 Å². The fourth-order valence-corrected chi connectivity index (χ4v) is 3.67. The number of piperidine rings is 1. The van der Waals surface area contributed by atoms with Gasteiger partial charge in [0, 0.05) is 30.1 Å². The van der Waals surface area contributed by atoms with E-state index in [9.17, 15) is 9.59 Å². The number of nitrogens with one attached hydrogen (secondary N) is 2. The molecule has 1 fully saturated rings. The average Bonchev–Trinajstić information content (AvgIpc) is 2.75. The zero-order chi connectivity index (χ0) is 19.3. The van der Waals surface area contributed by atoms with Crippen molar-refractivity contribution in [3.8, 4) is 0 Å². The van der Waals surface area contributed by atoms with E-state index >= 15 is 0 Å². The Bertz CT molecular complexity index is 974. The third-order valence-electron chi connectivity index (χ3n) is 5.18. The molecule has 0 bridgehead atoms. The van der Waals surface area contributed by atoms with Gasteiger partial charge in [-0.3, -0.25) is 4.79 Å². The van der Waals surface area contributed by atoms with Gasteiger partial charge in [0.25, 0.3) is 5.91 Å². The molecule has 0 saturated carbocycles. The number of likely N-dealkylation sites (tertiary alicyclic amines) is 1. The second-order valence-corrected chi connectivity index (χ2v) is 7.06. The smallest absolute Gasteiger partial charge is 0.319 e. The second kappa shape index (κ2) is 8.13. The molecule has 5 nitrogen and oxygen atoms in total. The lowest BCUT2D eigenvalue weighted by Crippen LogP contribution is -2.47. The minimum absolute atomic E-state index is 0.0549. The van der Waals surface area contributed by atoms with Crippen LogP contribution < -0.4 is 10.6 Å². The van der Waals surface area contributed by atoms with Crippen LogP contribution in [0.15, 0.2) is 72.8 Å². The molecule has 0 aromatic heterocycles. The lowest BCUT2D eigenvalue weighted by molar-refractivity contribution is 0.0709. The molecule has 3 aromatic carbocycles. The Labute approximate surface area is 164 Å². The molecular weight excluding hydrogens is 350 g/mol. The highest BCUT2D eigenvalue weighted by Crippen LogP contribution is 2.23. The van der Waals surface area contributed by atoms with Crippen LogP contribution >= 0.6 is 0 Å². The lowest BCUT2D eigenvalue weighted by atomic mass is 10.0. The predicted octanol–water partition coefficient (Wildman–Crippen LogP) is 4.27. The number of urea groups is 1. The van der Waals surface area contributed by atoms with Crippen molar-refractivity contribution in [3.05, 3.63) is 78.4 Å². The van der Waals surface area contributed by atoms with Crippen molar-refractivity contribution < 1.29 is 9.59 Å². The predicted molar refractivity (Wildman–Crippen MR) is 111 cm³/mol. The SMILES string of the molecule is O=C(Nc1cccc2ccccc12)NC1CCN(C(=O)c2ccccc2)CC1. The zero-order valence-corrected chi connectivity index (χ0v) is 15.6. The molecule has 3 amide bonds. The Balaban J connectivity index is 1.32. The highest BCUT2D eigenvalue weighted by molar-refractivity contribution is 6.01. The quantitative estimate of drug-likeness (QED) is 0.720. The van der Waals surface area contributed by atoms with Crippen LogP contribution in [0.1, 0.15) is 23.2 Å². The summed E-state index contributed by atoms with van der Waals surface area (Å²) in [5.74, 6) is 0.0549. The first-order valence-corrected chi connectivity index (χ1v) is 9.60. The Hall–Kier alpha value is -3.34. The van der Waals surface area contributed by atoms with E-state index in [0.717, 1.165) is 29.3 Å². The van der Waals surface area contributed by atoms with Crippen molar-refractivity contribution in [2.24, 2.45) is 0 Å². The van der Waals surface area contributed by atoms with Crippen LogP contribution in [0.4, 0.5) is 10.5 Å². The van der Waals surface area contributed by atoms with Crippen molar-refractivity contribution in [1.29, 1.82) is 0 Å². The molecular formula is C23H23N3O2. The van der Waals surface area contributed by atoms with Gasteiger partial charge < -0.3 is 15.5 Å². The summed E-state index contributed by atoms with van der Waals surface area (Å²) in [6.45, 7) is 1.29. The van der Waals surface area contributed by atoms with E-state index in [1.807, 2.05) is 77.7 Å². The molecule has 1 saturated heterocycles. The summed E-state index contributed by atoms with van der Waals surface area (Å²) in [5, 5.41) is 8.11. The highest BCUT2D eigenvalue weighted by atomic mass is 16.2. The Morgan fingerprint density at radius 1 is 0.821 bits per heavy atom. The van der Waals surface area contributed by atoms with Crippen molar-refractivity contribution >= 4 is 28.4 Å². The Morgan fingerprint density at radius 2 is 1.50 bits per heavy atom. The summed E-state index contributed by atoms with van der Waals surface area (Å²) in [6, 6.07) is 23.0. The molecule has 1 aliphatic heterocycles. The molecule has 0 spiro atoms. The average molecular weight is 373 g/mol. The maximum absolute atomic E-state index is 12.5. The molecule has 28 heavy (non-hydrogen) atoms. The van der Waals surface area contributed by atoms with Crippen LogP contribution in [0.5, 0.6) is 0 Å². The van der Waals surface area contributed by atoms with Gasteiger partial charge in [-0.15, -0.1) is 0 Å². The maximum Gasteiger partial charge on any atom is 0.319 e. The molecule has 0 unspecified atom stereocenters. The normalized spacial score (nSPS) is 14.6. The van der Waals surface area contributed by atoms with Crippen LogP contribution in [0.3, 0.4) is 0 Å². The van der Waals surface area contributed by atoms with Gasteiger partial charge in [0.1, 0.15) is 0 Å². The number of carbonyl (C=O) groups excluding carboxylic acids is 2. The van der Waals surface area contributed by atoms with Crippen molar-refractivity contribution in [1.82, 2.24) is 10.2 Å². The summed E-state index contributed by atoms with van der Waals surface area (Å²) in [7, 11) is 0. The fourth-order valence-electron chi connectivity index (χ4n) is 3.67. The molecule has 142 valence electrons. The van der Waals surface area contributed by atoms with Gasteiger partial charge in [0.2, 0.25) is 0 Å². The molecule has 0 radical (unpaired) electrons. The van der Waals surface area contributed by atoms with Crippen LogP contribution in [0.25, 0.3) is 10.8 Å².